The fourth-order valence-electron chi connectivity index (χ4n) is 12.9. The molecule has 4 heterocycles. The summed E-state index contributed by atoms with van der Waals surface area (Å²) in [5.41, 5.74) is 4.51. The number of aryl methyl sites for hydroxylation is 2. The van der Waals surface area contributed by atoms with E-state index in [1.54, 1.807) is 47.3 Å². The highest BCUT2D eigenvalue weighted by atomic mass is 32.2. The molecule has 8 N–H and O–H groups in total. The molecule has 80 heavy (non-hydrogen) atoms. The molecule has 0 bridgehead atoms. The van der Waals surface area contributed by atoms with Crippen LogP contribution in [0.25, 0.3) is 0 Å². The van der Waals surface area contributed by atoms with E-state index >= 15 is 0 Å². The number of rotatable bonds is 16. The lowest BCUT2D eigenvalue weighted by Crippen LogP contribution is -2.58. The van der Waals surface area contributed by atoms with Gasteiger partial charge in [-0.1, -0.05) is 113 Å². The molecule has 3 aromatic carbocycles. The summed E-state index contributed by atoms with van der Waals surface area (Å²) < 4.78 is 0. The molecule has 17 nitrogen and oxygen atoms in total. The van der Waals surface area contributed by atoms with Gasteiger partial charge < -0.3 is 52.3 Å². The van der Waals surface area contributed by atoms with Crippen molar-refractivity contribution in [2.45, 2.75) is 165 Å². The summed E-state index contributed by atoms with van der Waals surface area (Å²) >= 11 is 8.98. The fraction of sp³-hybridized carbons (Fsp3) is 0.567. The first kappa shape index (κ1) is 59.1. The van der Waals surface area contributed by atoms with E-state index in [4.69, 9.17) is 12.2 Å². The summed E-state index contributed by atoms with van der Waals surface area (Å²) in [5.74, 6) is -1.40. The van der Waals surface area contributed by atoms with Crippen LogP contribution in [0.3, 0.4) is 0 Å². The molecule has 7 amide bonds. The van der Waals surface area contributed by atoms with Crippen LogP contribution in [-0.4, -0.2) is 129 Å². The fourth-order valence-corrected chi connectivity index (χ4v) is 16.3. The summed E-state index contributed by atoms with van der Waals surface area (Å²) in [5, 5.41) is 24.8. The maximum absolute atomic E-state index is 14.8. The van der Waals surface area contributed by atoms with E-state index in [0.29, 0.717) is 62.1 Å². The summed E-state index contributed by atoms with van der Waals surface area (Å²) in [6.45, 7) is 12.3. The molecule has 12 atom stereocenters. The molecular weight excluding hydrogens is 1070 g/mol. The molecule has 0 spiro atoms. The minimum Gasteiger partial charge on any atom is -0.367 e. The zero-order valence-electron chi connectivity index (χ0n) is 47.3. The van der Waals surface area contributed by atoms with E-state index in [1.807, 2.05) is 114 Å². The second-order valence-electron chi connectivity index (χ2n) is 24.0. The lowest BCUT2D eigenvalue weighted by Gasteiger charge is -2.38. The van der Waals surface area contributed by atoms with Crippen LogP contribution in [-0.2, 0) is 59.5 Å². The van der Waals surface area contributed by atoms with Crippen LogP contribution >= 0.6 is 35.7 Å². The molecule has 0 radical (unpaired) electrons. The number of thioether (sulfide) groups is 2. The van der Waals surface area contributed by atoms with Crippen molar-refractivity contribution >= 4 is 82.1 Å². The Kier molecular flexibility index (Phi) is 18.4. The lowest BCUT2D eigenvalue weighted by molar-refractivity contribution is -0.144. The van der Waals surface area contributed by atoms with Gasteiger partial charge >= 0.3 is 0 Å². The van der Waals surface area contributed by atoms with Crippen molar-refractivity contribution in [3.8, 4) is 0 Å². The first-order valence-corrected chi connectivity index (χ1v) is 30.9. The highest BCUT2D eigenvalue weighted by Crippen LogP contribution is 2.49. The summed E-state index contributed by atoms with van der Waals surface area (Å²) in [4.78, 5) is 104. The number of benzene rings is 3. The van der Waals surface area contributed by atoms with E-state index in [1.165, 1.54) is 0 Å². The van der Waals surface area contributed by atoms with Crippen molar-refractivity contribution in [1.82, 2.24) is 52.3 Å². The van der Waals surface area contributed by atoms with Crippen LogP contribution in [0, 0.1) is 22.7 Å². The van der Waals surface area contributed by atoms with Crippen molar-refractivity contribution in [3.63, 3.8) is 0 Å². The normalized spacial score (nSPS) is 28.2. The van der Waals surface area contributed by atoms with Crippen molar-refractivity contribution in [2.75, 3.05) is 25.6 Å². The van der Waals surface area contributed by atoms with E-state index in [9.17, 15) is 33.6 Å². The number of likely N-dealkylation sites (N-methyl/N-ethyl adjacent to an activating group) is 2. The number of carbonyl (C=O) groups excluding carboxylic acids is 7. The summed E-state index contributed by atoms with van der Waals surface area (Å²) in [7, 11) is 3.51. The van der Waals surface area contributed by atoms with Crippen LogP contribution in [0.2, 0.25) is 0 Å². The predicted molar refractivity (Wildman–Crippen MR) is 317 cm³/mol. The zero-order valence-corrected chi connectivity index (χ0v) is 49.8. The van der Waals surface area contributed by atoms with Crippen LogP contribution in [0.15, 0.2) is 72.8 Å². The Morgan fingerprint density at radius 1 is 0.575 bits per heavy atom. The van der Waals surface area contributed by atoms with Gasteiger partial charge in [0.25, 0.3) is 0 Å². The Labute approximate surface area is 484 Å². The number of thiocarbonyl (C=S) groups is 1. The van der Waals surface area contributed by atoms with Gasteiger partial charge in [-0.15, -0.1) is 23.5 Å². The minimum absolute atomic E-state index is 0.121. The van der Waals surface area contributed by atoms with E-state index in [2.05, 4.69) is 42.5 Å². The predicted octanol–water partition coefficient (Wildman–Crippen LogP) is 4.93. The largest absolute Gasteiger partial charge is 0.367 e. The Morgan fingerprint density at radius 3 is 1.41 bits per heavy atom. The first-order valence-electron chi connectivity index (χ1n) is 28.4. The van der Waals surface area contributed by atoms with Crippen LogP contribution in [0.1, 0.15) is 126 Å². The van der Waals surface area contributed by atoms with Crippen LogP contribution in [0.5, 0.6) is 0 Å². The van der Waals surface area contributed by atoms with Gasteiger partial charge in [0, 0.05) is 13.1 Å². The first-order chi connectivity index (χ1) is 38.2. The SMILES string of the molecule is CN[C@@H](C)C(=O)N[C@H]1CCS[C@H]2CC(C)(C)[C@@H](C(=O)N[C@@H]3c4ccccc4CC[C@H]3C(=O)NCc3ccc(CNC(=O)[C@@H]4CCc5ccccc5[C@@H]4NC(=O)[C@H]4N5C(=O)[C@@H](NC(=S)[C@H](C)NC)CCS[C@H]5CC4(C)C)cc3)N2C1=O. The molecule has 3 aromatic rings. The number of nitrogens with one attached hydrogen (secondary N) is 8. The molecule has 20 heteroatoms. The zero-order chi connectivity index (χ0) is 57.2. The van der Waals surface area contributed by atoms with Gasteiger partial charge in [-0.2, -0.15) is 0 Å². The standard InChI is InChI=1S/C60H80N10O7S3/c1-33(61-7)51(71)65-43-25-27-79-45-29-59(3,4)49(69(45)57(43)76)54(74)67-47-39-15-11-9-13-37(39)21-23-41(47)52(72)63-31-35-17-19-36(20-18-35)32-64-53(73)42-24-22-38-14-10-12-16-40(38)48(42)68-55(75)50-60(5,6)30-46-70(50)58(77)44(26-28-80-46)66-56(78)34(2)62-8/h9-20,33-34,41-50,61-62H,21-32H2,1-8H3,(H,63,72)(H,64,73)(H,65,71)(H,66,78)(H,67,74)(H,68,75)/t33-,34-,41+,42+,43-,44-,45-,46-,47+,48-,49+,50+/m0/s1. The topological polar surface area (TPSA) is 222 Å². The number of carbonyl (C=O) groups is 7. The summed E-state index contributed by atoms with van der Waals surface area (Å²) in [6, 6.07) is 18.8. The Hall–Kier alpha value is -5.54. The van der Waals surface area contributed by atoms with Crippen molar-refractivity contribution < 1.29 is 33.6 Å². The Balaban J connectivity index is 0.838. The molecular formula is C60H80N10O7S3. The molecule has 4 aliphatic heterocycles. The molecule has 9 rings (SSSR count). The van der Waals surface area contributed by atoms with E-state index in [-0.39, 0.29) is 71.2 Å². The number of amides is 7. The van der Waals surface area contributed by atoms with Gasteiger partial charge in [0.15, 0.2) is 0 Å². The quantitative estimate of drug-likeness (QED) is 0.0894. The van der Waals surface area contributed by atoms with Crippen LogP contribution in [0.4, 0.5) is 0 Å². The number of nitrogens with zero attached hydrogens (tertiary/aromatic N) is 2. The van der Waals surface area contributed by atoms with Gasteiger partial charge in [-0.05, 0) is 135 Å². The van der Waals surface area contributed by atoms with Gasteiger partial charge in [0.2, 0.25) is 41.4 Å². The molecule has 0 unspecified atom stereocenters. The smallest absolute Gasteiger partial charge is 0.246 e. The van der Waals surface area contributed by atoms with Crippen LogP contribution < -0.4 is 42.5 Å². The van der Waals surface area contributed by atoms with Gasteiger partial charge in [-0.3, -0.25) is 33.6 Å². The average molecular weight is 1150 g/mol. The Morgan fingerprint density at radius 2 is 0.988 bits per heavy atom. The highest BCUT2D eigenvalue weighted by molar-refractivity contribution is 8.00. The number of fused-ring (bicyclic) bond motifs is 4. The highest BCUT2D eigenvalue weighted by Gasteiger charge is 2.57. The molecule has 6 aliphatic rings. The van der Waals surface area contributed by atoms with Crippen molar-refractivity contribution in [3.05, 3.63) is 106 Å². The molecule has 430 valence electrons. The lowest BCUT2D eigenvalue weighted by atomic mass is 9.78. The molecule has 0 aromatic heterocycles. The van der Waals surface area contributed by atoms with Crippen molar-refractivity contribution in [1.29, 1.82) is 0 Å². The van der Waals surface area contributed by atoms with Gasteiger partial charge in [0.05, 0.1) is 51.7 Å². The number of hydrogen-bond acceptors (Lipinski definition) is 12. The Bertz CT molecular complexity index is 2660. The van der Waals surface area contributed by atoms with Crippen molar-refractivity contribution in [2.24, 2.45) is 22.7 Å². The third-order valence-corrected chi connectivity index (χ3v) is 20.6. The third kappa shape index (κ3) is 12.4. The molecule has 4 saturated heterocycles. The monoisotopic (exact) mass is 1150 g/mol. The molecule has 0 saturated carbocycles. The molecule has 2 aliphatic carbocycles. The summed E-state index contributed by atoms with van der Waals surface area (Å²) in [6.07, 6.45) is 4.69. The van der Waals surface area contributed by atoms with E-state index < -0.39 is 65.0 Å². The maximum atomic E-state index is 14.8. The second-order valence-corrected chi connectivity index (χ2v) is 27.0. The van der Waals surface area contributed by atoms with Gasteiger partial charge in [0.1, 0.15) is 24.2 Å². The second kappa shape index (κ2) is 24.9. The van der Waals surface area contributed by atoms with E-state index in [0.717, 1.165) is 39.1 Å². The minimum atomic E-state index is -0.821. The maximum Gasteiger partial charge on any atom is 0.246 e. The van der Waals surface area contributed by atoms with Gasteiger partial charge in [-0.25, -0.2) is 0 Å². The molecule has 4 fully saturated rings. The number of hydrogen-bond donors (Lipinski definition) is 8. The third-order valence-electron chi connectivity index (χ3n) is 17.6. The average Bonchev–Trinajstić information content (AvgIpc) is 3.85.